The van der Waals surface area contributed by atoms with Crippen LogP contribution in [0.4, 0.5) is 0 Å². The molecule has 1 aromatic heterocycles. The van der Waals surface area contributed by atoms with Gasteiger partial charge in [0.25, 0.3) is 5.91 Å². The maximum Gasteiger partial charge on any atom is 0.337 e. The number of carbonyl (C=O) groups excluding carboxylic acids is 1. The van der Waals surface area contributed by atoms with Crippen molar-refractivity contribution in [1.29, 1.82) is 0 Å². The van der Waals surface area contributed by atoms with Gasteiger partial charge in [-0.1, -0.05) is 0 Å². The summed E-state index contributed by atoms with van der Waals surface area (Å²) in [6.07, 6.45) is 0. The zero-order chi connectivity index (χ0) is 11.7. The van der Waals surface area contributed by atoms with Crippen LogP contribution in [0.5, 0.6) is 5.75 Å². The molecule has 0 fully saturated rings. The van der Waals surface area contributed by atoms with Gasteiger partial charge in [0.15, 0.2) is 0 Å². The van der Waals surface area contributed by atoms with Gasteiger partial charge in [-0.25, -0.2) is 4.79 Å². The maximum absolute atomic E-state index is 11.5. The highest BCUT2D eigenvalue weighted by atomic mass is 16.4. The Hall–Kier alpha value is -2.30. The number of amides is 1. The number of benzene rings is 1. The molecule has 1 aromatic carbocycles. The average molecular weight is 219 g/mol. The summed E-state index contributed by atoms with van der Waals surface area (Å²) in [5, 5.41) is 12.2. The van der Waals surface area contributed by atoms with E-state index < -0.39 is 5.63 Å². The van der Waals surface area contributed by atoms with Gasteiger partial charge in [-0.3, -0.25) is 4.79 Å². The fourth-order valence-electron chi connectivity index (χ4n) is 1.47. The van der Waals surface area contributed by atoms with Gasteiger partial charge in [0, 0.05) is 24.6 Å². The summed E-state index contributed by atoms with van der Waals surface area (Å²) < 4.78 is 4.88. The van der Waals surface area contributed by atoms with Crippen molar-refractivity contribution in [2.45, 2.75) is 0 Å². The third-order valence-electron chi connectivity index (χ3n) is 2.20. The lowest BCUT2D eigenvalue weighted by Crippen LogP contribution is -2.19. The van der Waals surface area contributed by atoms with Crippen molar-refractivity contribution in [3.05, 3.63) is 40.2 Å². The molecule has 0 saturated heterocycles. The van der Waals surface area contributed by atoms with E-state index in [9.17, 15) is 14.7 Å². The van der Waals surface area contributed by atoms with E-state index in [0.29, 0.717) is 5.39 Å². The first-order chi connectivity index (χ1) is 7.61. The Morgan fingerprint density at radius 3 is 2.81 bits per heavy atom. The Bertz CT molecular complexity index is 615. The summed E-state index contributed by atoms with van der Waals surface area (Å²) in [6.45, 7) is 0. The Morgan fingerprint density at radius 1 is 1.38 bits per heavy atom. The SMILES string of the molecule is CNC(=O)c1cc(=O)oc2cc(O)ccc12. The Kier molecular flexibility index (Phi) is 2.36. The van der Waals surface area contributed by atoms with E-state index in [-0.39, 0.29) is 22.8 Å². The first-order valence-electron chi connectivity index (χ1n) is 4.61. The third kappa shape index (κ3) is 1.63. The number of carbonyl (C=O) groups is 1. The molecular weight excluding hydrogens is 210 g/mol. The van der Waals surface area contributed by atoms with Gasteiger partial charge in [-0.05, 0) is 12.1 Å². The number of hydrogen-bond donors (Lipinski definition) is 2. The lowest BCUT2D eigenvalue weighted by atomic mass is 10.1. The van der Waals surface area contributed by atoms with E-state index in [1.807, 2.05) is 0 Å². The van der Waals surface area contributed by atoms with Gasteiger partial charge in [0.2, 0.25) is 0 Å². The van der Waals surface area contributed by atoms with Crippen LogP contribution < -0.4 is 10.9 Å². The summed E-state index contributed by atoms with van der Waals surface area (Å²) in [6, 6.07) is 5.37. The number of rotatable bonds is 1. The molecule has 2 aromatic rings. The minimum atomic E-state index is -0.628. The number of phenolic OH excluding ortho intramolecular Hbond substituents is 1. The maximum atomic E-state index is 11.5. The Labute approximate surface area is 90.3 Å². The Balaban J connectivity index is 2.83. The predicted molar refractivity (Wildman–Crippen MR) is 57.5 cm³/mol. The van der Waals surface area contributed by atoms with E-state index in [1.54, 1.807) is 0 Å². The number of nitrogens with one attached hydrogen (secondary N) is 1. The number of phenols is 1. The molecule has 0 atom stereocenters. The molecule has 0 spiro atoms. The van der Waals surface area contributed by atoms with Crippen molar-refractivity contribution >= 4 is 16.9 Å². The smallest absolute Gasteiger partial charge is 0.337 e. The monoisotopic (exact) mass is 219 g/mol. The minimum Gasteiger partial charge on any atom is -0.508 e. The van der Waals surface area contributed by atoms with Crippen molar-refractivity contribution in [2.75, 3.05) is 7.05 Å². The van der Waals surface area contributed by atoms with Crippen molar-refractivity contribution in [3.8, 4) is 5.75 Å². The predicted octanol–water partition coefficient (Wildman–Crippen LogP) is 0.858. The first kappa shape index (κ1) is 10.2. The zero-order valence-electron chi connectivity index (χ0n) is 8.48. The second-order valence-electron chi connectivity index (χ2n) is 3.24. The summed E-state index contributed by atoms with van der Waals surface area (Å²) in [7, 11) is 1.48. The standard InChI is InChI=1S/C11H9NO4/c1-12-11(15)8-5-10(14)16-9-4-6(13)2-3-7(8)9/h2-5,13H,1H3,(H,12,15). The number of hydrogen-bond acceptors (Lipinski definition) is 4. The van der Waals surface area contributed by atoms with Gasteiger partial charge in [-0.15, -0.1) is 0 Å². The van der Waals surface area contributed by atoms with Crippen LogP contribution in [0.15, 0.2) is 33.5 Å². The summed E-state index contributed by atoms with van der Waals surface area (Å²) in [5.41, 5.74) is -0.212. The molecule has 2 N–H and O–H groups in total. The lowest BCUT2D eigenvalue weighted by Gasteiger charge is -2.03. The lowest BCUT2D eigenvalue weighted by molar-refractivity contribution is 0.0964. The molecule has 0 unspecified atom stereocenters. The molecule has 0 bridgehead atoms. The number of fused-ring (bicyclic) bond motifs is 1. The van der Waals surface area contributed by atoms with Crippen LogP contribution in [-0.4, -0.2) is 18.1 Å². The van der Waals surface area contributed by atoms with Crippen LogP contribution in [0.1, 0.15) is 10.4 Å². The molecule has 82 valence electrons. The molecule has 1 amide bonds. The fraction of sp³-hybridized carbons (Fsp3) is 0.0909. The van der Waals surface area contributed by atoms with Crippen LogP contribution in [-0.2, 0) is 0 Å². The van der Waals surface area contributed by atoms with Crippen LogP contribution in [0.3, 0.4) is 0 Å². The molecular formula is C11H9NO4. The molecule has 5 heteroatoms. The average Bonchev–Trinajstić information content (AvgIpc) is 2.26. The van der Waals surface area contributed by atoms with Crippen LogP contribution in [0.2, 0.25) is 0 Å². The molecule has 16 heavy (non-hydrogen) atoms. The van der Waals surface area contributed by atoms with E-state index >= 15 is 0 Å². The molecule has 5 nitrogen and oxygen atoms in total. The molecule has 0 aliphatic heterocycles. The highest BCUT2D eigenvalue weighted by molar-refractivity contribution is 6.05. The molecule has 0 radical (unpaired) electrons. The minimum absolute atomic E-state index is 0.0234. The molecule has 0 aliphatic carbocycles. The van der Waals surface area contributed by atoms with Gasteiger partial charge in [0.05, 0.1) is 5.56 Å². The van der Waals surface area contributed by atoms with Gasteiger partial charge in [-0.2, -0.15) is 0 Å². The summed E-state index contributed by atoms with van der Waals surface area (Å²) >= 11 is 0. The van der Waals surface area contributed by atoms with E-state index in [1.165, 1.54) is 25.2 Å². The quantitative estimate of drug-likeness (QED) is 0.697. The van der Waals surface area contributed by atoms with Gasteiger partial charge >= 0.3 is 5.63 Å². The molecule has 2 rings (SSSR count). The second kappa shape index (κ2) is 3.69. The van der Waals surface area contributed by atoms with Crippen molar-refractivity contribution < 1.29 is 14.3 Å². The fourth-order valence-corrected chi connectivity index (χ4v) is 1.47. The summed E-state index contributed by atoms with van der Waals surface area (Å²) in [4.78, 5) is 22.7. The normalized spacial score (nSPS) is 10.3. The van der Waals surface area contributed by atoms with Crippen LogP contribution >= 0.6 is 0 Å². The highest BCUT2D eigenvalue weighted by Crippen LogP contribution is 2.21. The molecule has 1 heterocycles. The highest BCUT2D eigenvalue weighted by Gasteiger charge is 2.11. The van der Waals surface area contributed by atoms with E-state index in [4.69, 9.17) is 4.42 Å². The largest absolute Gasteiger partial charge is 0.508 e. The second-order valence-corrected chi connectivity index (χ2v) is 3.24. The van der Waals surface area contributed by atoms with Gasteiger partial charge < -0.3 is 14.8 Å². The summed E-state index contributed by atoms with van der Waals surface area (Å²) in [5.74, 6) is -0.395. The van der Waals surface area contributed by atoms with Gasteiger partial charge in [0.1, 0.15) is 11.3 Å². The molecule has 0 saturated carbocycles. The van der Waals surface area contributed by atoms with Crippen LogP contribution in [0, 0.1) is 0 Å². The van der Waals surface area contributed by atoms with E-state index in [0.717, 1.165) is 6.07 Å². The first-order valence-corrected chi connectivity index (χ1v) is 4.61. The third-order valence-corrected chi connectivity index (χ3v) is 2.20. The Morgan fingerprint density at radius 2 is 2.12 bits per heavy atom. The number of aromatic hydroxyl groups is 1. The van der Waals surface area contributed by atoms with Crippen molar-refractivity contribution in [3.63, 3.8) is 0 Å². The van der Waals surface area contributed by atoms with Crippen molar-refractivity contribution in [1.82, 2.24) is 5.32 Å². The van der Waals surface area contributed by atoms with E-state index in [2.05, 4.69) is 5.32 Å². The molecule has 0 aliphatic rings. The van der Waals surface area contributed by atoms with Crippen molar-refractivity contribution in [2.24, 2.45) is 0 Å². The van der Waals surface area contributed by atoms with Crippen LogP contribution in [0.25, 0.3) is 11.0 Å². The zero-order valence-corrected chi connectivity index (χ0v) is 8.48. The topological polar surface area (TPSA) is 79.5 Å².